The fourth-order valence-electron chi connectivity index (χ4n) is 2.50. The lowest BCUT2D eigenvalue weighted by atomic mass is 9.91. The Balaban J connectivity index is 2.86. The molecule has 0 amide bonds. The van der Waals surface area contributed by atoms with Gasteiger partial charge in [0, 0.05) is 11.6 Å². The zero-order valence-corrected chi connectivity index (χ0v) is 14.1. The molecule has 0 heterocycles. The summed E-state index contributed by atoms with van der Waals surface area (Å²) in [7, 11) is 1.47. The first kappa shape index (κ1) is 18.7. The number of esters is 1. The predicted octanol–water partition coefficient (Wildman–Crippen LogP) is 3.16. The van der Waals surface area contributed by atoms with Gasteiger partial charge in [0.1, 0.15) is 17.1 Å². The van der Waals surface area contributed by atoms with E-state index < -0.39 is 23.5 Å². The molecule has 0 saturated heterocycles. The van der Waals surface area contributed by atoms with Gasteiger partial charge in [-0.25, -0.2) is 14.4 Å². The minimum absolute atomic E-state index is 0.0647. The van der Waals surface area contributed by atoms with Gasteiger partial charge in [-0.15, -0.1) is 0 Å². The highest BCUT2D eigenvalue weighted by Crippen LogP contribution is 2.37. The second-order valence-corrected chi connectivity index (χ2v) is 5.28. The van der Waals surface area contributed by atoms with E-state index in [1.54, 1.807) is 12.1 Å². The van der Waals surface area contributed by atoms with Gasteiger partial charge >= 0.3 is 17.9 Å². The van der Waals surface area contributed by atoms with Crippen LogP contribution < -0.4 is 9.47 Å². The molecule has 0 unspecified atom stereocenters. The van der Waals surface area contributed by atoms with Crippen molar-refractivity contribution in [3.63, 3.8) is 0 Å². The van der Waals surface area contributed by atoms with Gasteiger partial charge in [-0.1, -0.05) is 18.7 Å². The molecule has 0 bridgehead atoms. The number of benzene rings is 2. The van der Waals surface area contributed by atoms with E-state index in [4.69, 9.17) is 9.47 Å². The molecule has 0 aliphatic heterocycles. The number of aryl methyl sites for hydroxylation is 1. The summed E-state index contributed by atoms with van der Waals surface area (Å²) in [5.74, 6) is -3.28. The van der Waals surface area contributed by atoms with Crippen LogP contribution in [0.2, 0.25) is 0 Å². The highest BCUT2D eigenvalue weighted by atomic mass is 16.5. The molecule has 134 valence electrons. The molecule has 0 atom stereocenters. The van der Waals surface area contributed by atoms with Crippen LogP contribution >= 0.6 is 0 Å². The Hall–Kier alpha value is -3.61. The summed E-state index contributed by atoms with van der Waals surface area (Å²) in [5.41, 5.74) is -0.167. The number of methoxy groups -OCH3 is 1. The van der Waals surface area contributed by atoms with Crippen molar-refractivity contribution < 1.29 is 34.1 Å². The summed E-state index contributed by atoms with van der Waals surface area (Å²) in [5, 5.41) is 19.2. The SMILES string of the molecule is C=CC(=O)Oc1c(C)cc(C(=O)O)c(-c2ccc(OC)cc2)c1C(=O)O. The van der Waals surface area contributed by atoms with Crippen LogP contribution in [0.1, 0.15) is 26.3 Å². The van der Waals surface area contributed by atoms with E-state index in [0.717, 1.165) is 6.08 Å². The lowest BCUT2D eigenvalue weighted by molar-refractivity contribution is -0.129. The van der Waals surface area contributed by atoms with Crippen LogP contribution in [0.25, 0.3) is 11.1 Å². The van der Waals surface area contributed by atoms with E-state index in [1.165, 1.54) is 32.2 Å². The van der Waals surface area contributed by atoms with Crippen molar-refractivity contribution in [2.75, 3.05) is 7.11 Å². The first-order chi connectivity index (χ1) is 12.3. The molecule has 2 rings (SSSR count). The third-order valence-electron chi connectivity index (χ3n) is 3.66. The normalized spacial score (nSPS) is 10.1. The van der Waals surface area contributed by atoms with Crippen molar-refractivity contribution in [3.8, 4) is 22.6 Å². The maximum atomic E-state index is 11.9. The third kappa shape index (κ3) is 3.56. The predicted molar refractivity (Wildman–Crippen MR) is 92.9 cm³/mol. The number of aromatic carboxylic acids is 2. The van der Waals surface area contributed by atoms with Crippen LogP contribution in [0.4, 0.5) is 0 Å². The van der Waals surface area contributed by atoms with E-state index in [-0.39, 0.29) is 22.4 Å². The van der Waals surface area contributed by atoms with E-state index in [2.05, 4.69) is 6.58 Å². The van der Waals surface area contributed by atoms with Crippen LogP contribution in [0.5, 0.6) is 11.5 Å². The topological polar surface area (TPSA) is 110 Å². The van der Waals surface area contributed by atoms with Crippen LogP contribution in [-0.2, 0) is 4.79 Å². The van der Waals surface area contributed by atoms with Crippen LogP contribution in [0.15, 0.2) is 43.0 Å². The third-order valence-corrected chi connectivity index (χ3v) is 3.66. The van der Waals surface area contributed by atoms with Crippen LogP contribution in [0.3, 0.4) is 0 Å². The molecule has 0 aliphatic carbocycles. The van der Waals surface area contributed by atoms with Gasteiger partial charge in [-0.2, -0.15) is 0 Å². The second kappa shape index (κ2) is 7.52. The van der Waals surface area contributed by atoms with Gasteiger partial charge in [0.15, 0.2) is 0 Å². The summed E-state index contributed by atoms with van der Waals surface area (Å²) >= 11 is 0. The molecule has 7 heteroatoms. The van der Waals surface area contributed by atoms with Crippen molar-refractivity contribution in [2.24, 2.45) is 0 Å². The molecular formula is C19H16O7. The summed E-state index contributed by atoms with van der Waals surface area (Å²) in [6, 6.07) is 7.47. The zero-order valence-electron chi connectivity index (χ0n) is 14.1. The molecule has 0 fully saturated rings. The Morgan fingerprint density at radius 2 is 1.69 bits per heavy atom. The number of hydrogen-bond acceptors (Lipinski definition) is 5. The maximum Gasteiger partial charge on any atom is 0.340 e. The minimum Gasteiger partial charge on any atom is -0.497 e. The lowest BCUT2D eigenvalue weighted by Gasteiger charge is -2.17. The highest BCUT2D eigenvalue weighted by Gasteiger charge is 2.27. The van der Waals surface area contributed by atoms with Gasteiger partial charge in [0.05, 0.1) is 12.7 Å². The fourth-order valence-corrected chi connectivity index (χ4v) is 2.50. The molecule has 0 radical (unpaired) electrons. The summed E-state index contributed by atoms with van der Waals surface area (Å²) < 4.78 is 10.1. The number of ether oxygens (including phenoxy) is 2. The average molecular weight is 356 g/mol. The summed E-state index contributed by atoms with van der Waals surface area (Å²) in [6.45, 7) is 4.74. The van der Waals surface area contributed by atoms with Crippen molar-refractivity contribution in [3.05, 3.63) is 59.7 Å². The lowest BCUT2D eigenvalue weighted by Crippen LogP contribution is -2.14. The Morgan fingerprint density at radius 1 is 1.08 bits per heavy atom. The van der Waals surface area contributed by atoms with Crippen LogP contribution in [-0.4, -0.2) is 35.2 Å². The molecule has 26 heavy (non-hydrogen) atoms. The van der Waals surface area contributed by atoms with Crippen LogP contribution in [0, 0.1) is 6.92 Å². The van der Waals surface area contributed by atoms with Gasteiger partial charge in [-0.3, -0.25) is 0 Å². The average Bonchev–Trinajstić information content (AvgIpc) is 2.62. The molecule has 0 aromatic heterocycles. The Bertz CT molecular complexity index is 895. The number of carboxylic acid groups (broad SMARTS) is 2. The van der Waals surface area contributed by atoms with Gasteiger partial charge in [0.25, 0.3) is 0 Å². The van der Waals surface area contributed by atoms with E-state index >= 15 is 0 Å². The minimum atomic E-state index is -1.42. The molecule has 2 aromatic rings. The van der Waals surface area contributed by atoms with Crippen molar-refractivity contribution in [1.29, 1.82) is 0 Å². The first-order valence-corrected chi connectivity index (χ1v) is 7.43. The Labute approximate surface area is 149 Å². The molecule has 7 nitrogen and oxygen atoms in total. The molecule has 0 spiro atoms. The monoisotopic (exact) mass is 356 g/mol. The number of rotatable bonds is 6. The van der Waals surface area contributed by atoms with Crippen molar-refractivity contribution in [1.82, 2.24) is 0 Å². The number of carbonyl (C=O) groups excluding carboxylic acids is 1. The molecule has 2 aromatic carbocycles. The van der Waals surface area contributed by atoms with Crippen molar-refractivity contribution in [2.45, 2.75) is 6.92 Å². The van der Waals surface area contributed by atoms with E-state index in [1.807, 2.05) is 0 Å². The largest absolute Gasteiger partial charge is 0.497 e. The van der Waals surface area contributed by atoms with E-state index in [9.17, 15) is 24.6 Å². The van der Waals surface area contributed by atoms with Gasteiger partial charge in [0.2, 0.25) is 0 Å². The quantitative estimate of drug-likeness (QED) is 0.465. The number of hydrogen-bond donors (Lipinski definition) is 2. The maximum absolute atomic E-state index is 11.9. The second-order valence-electron chi connectivity index (χ2n) is 5.28. The standard InChI is InChI=1S/C19H16O7/c1-4-14(20)26-17-10(2)9-13(18(21)22)15(16(17)19(23)24)11-5-7-12(25-3)8-6-11/h4-9H,1H2,2-3H3,(H,21,22)(H,23,24). The Morgan fingerprint density at radius 3 is 2.15 bits per heavy atom. The van der Waals surface area contributed by atoms with Crippen molar-refractivity contribution >= 4 is 17.9 Å². The smallest absolute Gasteiger partial charge is 0.340 e. The molecule has 2 N–H and O–H groups in total. The molecule has 0 aliphatic rings. The first-order valence-electron chi connectivity index (χ1n) is 7.43. The van der Waals surface area contributed by atoms with E-state index in [0.29, 0.717) is 11.3 Å². The fraction of sp³-hybridized carbons (Fsp3) is 0.105. The summed E-state index contributed by atoms with van der Waals surface area (Å²) in [6.07, 6.45) is 0.892. The van der Waals surface area contributed by atoms with Gasteiger partial charge in [-0.05, 0) is 36.2 Å². The zero-order chi connectivity index (χ0) is 19.4. The van der Waals surface area contributed by atoms with Gasteiger partial charge < -0.3 is 19.7 Å². The molecule has 0 saturated carbocycles. The number of carbonyl (C=O) groups is 3. The number of carboxylic acids is 2. The highest BCUT2D eigenvalue weighted by molar-refractivity contribution is 6.08. The summed E-state index contributed by atoms with van der Waals surface area (Å²) in [4.78, 5) is 35.2. The molecular weight excluding hydrogens is 340 g/mol. The Kier molecular flexibility index (Phi) is 5.42.